The first kappa shape index (κ1) is 12.2. The Labute approximate surface area is 103 Å². The van der Waals surface area contributed by atoms with E-state index in [-0.39, 0.29) is 12.5 Å². The molecule has 0 atom stereocenters. The minimum Gasteiger partial charge on any atom is -0.457 e. The summed E-state index contributed by atoms with van der Waals surface area (Å²) < 4.78 is 36.2. The smallest absolute Gasteiger partial charge is 0.231 e. The van der Waals surface area contributed by atoms with Gasteiger partial charge in [0, 0.05) is 5.69 Å². The zero-order chi connectivity index (χ0) is 13.0. The van der Waals surface area contributed by atoms with Crippen LogP contribution >= 0.6 is 0 Å². The molecule has 0 saturated heterocycles. The van der Waals surface area contributed by atoms with Gasteiger partial charge in [-0.05, 0) is 36.4 Å². The molecule has 0 fully saturated rings. The molecule has 2 aromatic carbocycles. The molecule has 5 heteroatoms. The highest BCUT2D eigenvalue weighted by molar-refractivity contribution is 5.41. The number of hydrogen-bond acceptors (Lipinski definition) is 3. The van der Waals surface area contributed by atoms with Gasteiger partial charge in [-0.25, -0.2) is 4.39 Å². The zero-order valence-electron chi connectivity index (χ0n) is 9.40. The number of hydrogen-bond donors (Lipinski definition) is 1. The van der Waals surface area contributed by atoms with E-state index in [2.05, 4.69) is 0 Å². The van der Waals surface area contributed by atoms with E-state index >= 15 is 0 Å². The van der Waals surface area contributed by atoms with Crippen LogP contribution in [0.5, 0.6) is 11.5 Å². The highest BCUT2D eigenvalue weighted by Gasteiger charge is 2.08. The van der Waals surface area contributed by atoms with Gasteiger partial charge in [-0.1, -0.05) is 6.07 Å². The third-order valence-corrected chi connectivity index (χ3v) is 2.24. The molecule has 0 heterocycles. The molecule has 2 aromatic rings. The number of halogens is 2. The maximum absolute atomic E-state index is 13.2. The minimum absolute atomic E-state index is 0.189. The first-order chi connectivity index (χ1) is 8.66. The SMILES string of the molecule is Nc1ccc(OCOc2cccc(F)c2F)cc1. The van der Waals surface area contributed by atoms with Crippen LogP contribution in [0.4, 0.5) is 14.5 Å². The first-order valence-corrected chi connectivity index (χ1v) is 5.22. The molecule has 3 nitrogen and oxygen atoms in total. The van der Waals surface area contributed by atoms with Crippen molar-refractivity contribution in [3.8, 4) is 11.5 Å². The van der Waals surface area contributed by atoms with E-state index in [0.29, 0.717) is 11.4 Å². The van der Waals surface area contributed by atoms with Crippen LogP contribution in [0.2, 0.25) is 0 Å². The van der Waals surface area contributed by atoms with E-state index in [1.54, 1.807) is 24.3 Å². The van der Waals surface area contributed by atoms with Crippen molar-refractivity contribution in [1.29, 1.82) is 0 Å². The van der Waals surface area contributed by atoms with E-state index < -0.39 is 11.6 Å². The number of nitrogen functional groups attached to an aromatic ring is 1. The Kier molecular flexibility index (Phi) is 3.62. The van der Waals surface area contributed by atoms with Gasteiger partial charge in [0.05, 0.1) is 0 Å². The topological polar surface area (TPSA) is 44.5 Å². The minimum atomic E-state index is -1.03. The van der Waals surface area contributed by atoms with Crippen molar-refractivity contribution in [2.75, 3.05) is 12.5 Å². The van der Waals surface area contributed by atoms with Crippen molar-refractivity contribution < 1.29 is 18.3 Å². The average molecular weight is 251 g/mol. The Balaban J connectivity index is 1.92. The number of benzene rings is 2. The predicted molar refractivity (Wildman–Crippen MR) is 63.3 cm³/mol. The maximum atomic E-state index is 13.2. The molecule has 0 unspecified atom stereocenters. The van der Waals surface area contributed by atoms with Gasteiger partial charge in [0.25, 0.3) is 0 Å². The van der Waals surface area contributed by atoms with Gasteiger partial charge >= 0.3 is 0 Å². The van der Waals surface area contributed by atoms with Crippen molar-refractivity contribution in [3.05, 3.63) is 54.1 Å². The van der Waals surface area contributed by atoms with Crippen LogP contribution in [-0.2, 0) is 0 Å². The molecule has 2 N–H and O–H groups in total. The maximum Gasteiger partial charge on any atom is 0.231 e. The van der Waals surface area contributed by atoms with Crippen LogP contribution in [0.1, 0.15) is 0 Å². The number of nitrogens with two attached hydrogens (primary N) is 1. The zero-order valence-corrected chi connectivity index (χ0v) is 9.40. The summed E-state index contributed by atoms with van der Waals surface area (Å²) in [5.41, 5.74) is 6.12. The average Bonchev–Trinajstić information content (AvgIpc) is 2.37. The first-order valence-electron chi connectivity index (χ1n) is 5.22. The number of rotatable bonds is 4. The second-order valence-corrected chi connectivity index (χ2v) is 3.53. The van der Waals surface area contributed by atoms with Gasteiger partial charge in [0.1, 0.15) is 5.75 Å². The Bertz CT molecular complexity index is 529. The lowest BCUT2D eigenvalue weighted by molar-refractivity contribution is 0.114. The van der Waals surface area contributed by atoms with Gasteiger partial charge in [0.15, 0.2) is 11.6 Å². The fourth-order valence-electron chi connectivity index (χ4n) is 1.32. The van der Waals surface area contributed by atoms with Gasteiger partial charge in [0.2, 0.25) is 12.6 Å². The van der Waals surface area contributed by atoms with Crippen molar-refractivity contribution in [3.63, 3.8) is 0 Å². The molecule has 0 spiro atoms. The molecule has 18 heavy (non-hydrogen) atoms. The van der Waals surface area contributed by atoms with Crippen molar-refractivity contribution in [2.24, 2.45) is 0 Å². The van der Waals surface area contributed by atoms with E-state index in [1.807, 2.05) is 0 Å². The summed E-state index contributed by atoms with van der Waals surface area (Å²) >= 11 is 0. The number of anilines is 1. The highest BCUT2D eigenvalue weighted by Crippen LogP contribution is 2.19. The summed E-state index contributed by atoms with van der Waals surface area (Å²) in [4.78, 5) is 0. The van der Waals surface area contributed by atoms with Crippen LogP contribution in [-0.4, -0.2) is 6.79 Å². The molecule has 0 aliphatic rings. The predicted octanol–water partition coefficient (Wildman–Crippen LogP) is 2.96. The van der Waals surface area contributed by atoms with Crippen LogP contribution < -0.4 is 15.2 Å². The Morgan fingerprint density at radius 3 is 2.39 bits per heavy atom. The molecule has 0 aliphatic carbocycles. The molecule has 0 amide bonds. The van der Waals surface area contributed by atoms with Crippen molar-refractivity contribution >= 4 is 5.69 Å². The fraction of sp³-hybridized carbons (Fsp3) is 0.0769. The van der Waals surface area contributed by atoms with Gasteiger partial charge in [-0.2, -0.15) is 4.39 Å². The number of ether oxygens (including phenoxy) is 2. The van der Waals surface area contributed by atoms with Crippen LogP contribution in [0.25, 0.3) is 0 Å². The monoisotopic (exact) mass is 251 g/mol. The van der Waals surface area contributed by atoms with Crippen LogP contribution in [0.15, 0.2) is 42.5 Å². The summed E-state index contributed by atoms with van der Waals surface area (Å²) in [5, 5.41) is 0. The summed E-state index contributed by atoms with van der Waals surface area (Å²) in [6.45, 7) is -0.218. The molecular weight excluding hydrogens is 240 g/mol. The molecule has 2 rings (SSSR count). The van der Waals surface area contributed by atoms with Crippen molar-refractivity contribution in [1.82, 2.24) is 0 Å². The van der Waals surface area contributed by atoms with Crippen molar-refractivity contribution in [2.45, 2.75) is 0 Å². The van der Waals surface area contributed by atoms with Crippen LogP contribution in [0, 0.1) is 11.6 Å². The normalized spacial score (nSPS) is 10.1. The third kappa shape index (κ3) is 2.88. The molecule has 0 aliphatic heterocycles. The molecule has 94 valence electrons. The highest BCUT2D eigenvalue weighted by atomic mass is 19.2. The van der Waals surface area contributed by atoms with Gasteiger partial charge in [-0.15, -0.1) is 0 Å². The van der Waals surface area contributed by atoms with E-state index in [1.165, 1.54) is 12.1 Å². The van der Waals surface area contributed by atoms with E-state index in [9.17, 15) is 8.78 Å². The fourth-order valence-corrected chi connectivity index (χ4v) is 1.32. The Hall–Kier alpha value is -2.30. The second-order valence-electron chi connectivity index (χ2n) is 3.53. The standard InChI is InChI=1S/C13H11F2NO2/c14-11-2-1-3-12(13(11)15)18-8-17-10-6-4-9(16)5-7-10/h1-7H,8,16H2. The third-order valence-electron chi connectivity index (χ3n) is 2.24. The summed E-state index contributed by atoms with van der Waals surface area (Å²) in [6, 6.07) is 10.3. The Morgan fingerprint density at radius 2 is 1.67 bits per heavy atom. The summed E-state index contributed by atoms with van der Waals surface area (Å²) in [6.07, 6.45) is 0. The molecule has 0 radical (unpaired) electrons. The second kappa shape index (κ2) is 5.35. The molecule has 0 aromatic heterocycles. The molecule has 0 saturated carbocycles. The van der Waals surface area contributed by atoms with Crippen LogP contribution in [0.3, 0.4) is 0 Å². The summed E-state index contributed by atoms with van der Waals surface area (Å²) in [7, 11) is 0. The molecule has 0 bridgehead atoms. The lowest BCUT2D eigenvalue weighted by Gasteiger charge is -2.09. The van der Waals surface area contributed by atoms with E-state index in [0.717, 1.165) is 6.07 Å². The molecular formula is C13H11F2NO2. The quantitative estimate of drug-likeness (QED) is 0.671. The van der Waals surface area contributed by atoms with E-state index in [4.69, 9.17) is 15.2 Å². The Morgan fingerprint density at radius 1 is 0.944 bits per heavy atom. The lowest BCUT2D eigenvalue weighted by atomic mass is 10.3. The largest absolute Gasteiger partial charge is 0.457 e. The van der Waals surface area contributed by atoms with Gasteiger partial charge in [-0.3, -0.25) is 0 Å². The summed E-state index contributed by atoms with van der Waals surface area (Å²) in [5.74, 6) is -1.65. The van der Waals surface area contributed by atoms with Gasteiger partial charge < -0.3 is 15.2 Å². The lowest BCUT2D eigenvalue weighted by Crippen LogP contribution is -2.07.